The van der Waals surface area contributed by atoms with Crippen molar-refractivity contribution in [2.45, 2.75) is 32.4 Å². The summed E-state index contributed by atoms with van der Waals surface area (Å²) in [5.74, 6) is 0. The minimum absolute atomic E-state index is 0.256. The topological polar surface area (TPSA) is 40.8 Å². The van der Waals surface area contributed by atoms with E-state index < -0.39 is 0 Å². The van der Waals surface area contributed by atoms with Gasteiger partial charge in [-0.05, 0) is 37.9 Å². The Labute approximate surface area is 107 Å². The zero-order chi connectivity index (χ0) is 12.5. The van der Waals surface area contributed by atoms with Crippen molar-refractivity contribution in [1.82, 2.24) is 14.3 Å². The van der Waals surface area contributed by atoms with Gasteiger partial charge in [0, 0.05) is 25.0 Å². The molecule has 2 aromatic heterocycles. The summed E-state index contributed by atoms with van der Waals surface area (Å²) in [5, 5.41) is 9.33. The number of pyridine rings is 1. The fourth-order valence-corrected chi connectivity index (χ4v) is 2.80. The van der Waals surface area contributed by atoms with Crippen LogP contribution in [0.3, 0.4) is 0 Å². The molecule has 0 spiro atoms. The van der Waals surface area contributed by atoms with Crippen LogP contribution in [-0.2, 0) is 6.54 Å². The predicted molar refractivity (Wildman–Crippen MR) is 70.4 cm³/mol. The first kappa shape index (κ1) is 11.7. The molecule has 3 heterocycles. The molecule has 2 aromatic rings. The average molecular weight is 245 g/mol. The van der Waals surface area contributed by atoms with Crippen molar-refractivity contribution >= 4 is 5.65 Å². The molecule has 96 valence electrons. The molecule has 1 N–H and O–H groups in total. The van der Waals surface area contributed by atoms with Crippen LogP contribution in [0.25, 0.3) is 5.65 Å². The number of hydrogen-bond donors (Lipinski definition) is 1. The standard InChI is InChI=1S/C14H19N3O/c1-11-4-2-7-17-9-12(15-14(11)17)8-16-6-3-5-13(16)10-18/h2,4,7,9,13,18H,3,5-6,8,10H2,1H3/t13-/m0/s1. The maximum absolute atomic E-state index is 9.33. The highest BCUT2D eigenvalue weighted by atomic mass is 16.3. The summed E-state index contributed by atoms with van der Waals surface area (Å²) in [6, 6.07) is 4.44. The molecule has 4 nitrogen and oxygen atoms in total. The molecule has 18 heavy (non-hydrogen) atoms. The van der Waals surface area contributed by atoms with E-state index in [1.165, 1.54) is 12.0 Å². The molecule has 0 unspecified atom stereocenters. The molecule has 1 saturated heterocycles. The number of nitrogens with zero attached hydrogens (tertiary/aromatic N) is 3. The Kier molecular flexibility index (Phi) is 3.06. The molecule has 3 rings (SSSR count). The number of rotatable bonds is 3. The van der Waals surface area contributed by atoms with Gasteiger partial charge in [-0.3, -0.25) is 4.90 Å². The molecule has 0 amide bonds. The van der Waals surface area contributed by atoms with Crippen LogP contribution in [0.15, 0.2) is 24.5 Å². The monoisotopic (exact) mass is 245 g/mol. The predicted octanol–water partition coefficient (Wildman–Crippen LogP) is 1.60. The molecule has 0 radical (unpaired) electrons. The fourth-order valence-electron chi connectivity index (χ4n) is 2.80. The Morgan fingerprint density at radius 1 is 1.50 bits per heavy atom. The first-order chi connectivity index (χ1) is 8.78. The molecule has 0 aliphatic carbocycles. The highest BCUT2D eigenvalue weighted by Gasteiger charge is 2.24. The van der Waals surface area contributed by atoms with Crippen LogP contribution in [0, 0.1) is 6.92 Å². The van der Waals surface area contributed by atoms with E-state index in [9.17, 15) is 5.11 Å². The van der Waals surface area contributed by atoms with E-state index >= 15 is 0 Å². The molecule has 0 bridgehead atoms. The van der Waals surface area contributed by atoms with Gasteiger partial charge < -0.3 is 9.51 Å². The third-order valence-corrected chi connectivity index (χ3v) is 3.80. The normalized spacial score (nSPS) is 20.9. The molecular formula is C14H19N3O. The average Bonchev–Trinajstić information content (AvgIpc) is 2.96. The van der Waals surface area contributed by atoms with Gasteiger partial charge in [-0.15, -0.1) is 0 Å². The number of aryl methyl sites for hydroxylation is 1. The number of fused-ring (bicyclic) bond motifs is 1. The zero-order valence-corrected chi connectivity index (χ0v) is 10.7. The second kappa shape index (κ2) is 4.71. The van der Waals surface area contributed by atoms with E-state index in [0.717, 1.165) is 30.9 Å². The lowest BCUT2D eigenvalue weighted by atomic mass is 10.2. The van der Waals surface area contributed by atoms with Crippen molar-refractivity contribution in [2.75, 3.05) is 13.2 Å². The first-order valence-corrected chi connectivity index (χ1v) is 6.56. The lowest BCUT2D eigenvalue weighted by Gasteiger charge is -2.21. The third kappa shape index (κ3) is 2.02. The summed E-state index contributed by atoms with van der Waals surface area (Å²) in [4.78, 5) is 7.01. The van der Waals surface area contributed by atoms with Crippen molar-refractivity contribution < 1.29 is 5.11 Å². The highest BCUT2D eigenvalue weighted by Crippen LogP contribution is 2.20. The molecule has 0 aromatic carbocycles. The molecule has 1 aliphatic rings. The van der Waals surface area contributed by atoms with Crippen LogP contribution < -0.4 is 0 Å². The van der Waals surface area contributed by atoms with Gasteiger partial charge in [0.2, 0.25) is 0 Å². The number of aromatic nitrogens is 2. The number of aliphatic hydroxyl groups excluding tert-OH is 1. The van der Waals surface area contributed by atoms with Gasteiger partial charge in [0.15, 0.2) is 0 Å². The van der Waals surface area contributed by atoms with Crippen molar-refractivity contribution in [3.63, 3.8) is 0 Å². The van der Waals surface area contributed by atoms with E-state index in [-0.39, 0.29) is 6.61 Å². The first-order valence-electron chi connectivity index (χ1n) is 6.56. The summed E-state index contributed by atoms with van der Waals surface area (Å²) in [7, 11) is 0. The third-order valence-electron chi connectivity index (χ3n) is 3.80. The van der Waals surface area contributed by atoms with E-state index in [0.29, 0.717) is 6.04 Å². The second-order valence-corrected chi connectivity index (χ2v) is 5.10. The van der Waals surface area contributed by atoms with Crippen LogP contribution in [0.4, 0.5) is 0 Å². The van der Waals surface area contributed by atoms with Crippen LogP contribution in [0.1, 0.15) is 24.1 Å². The number of aliphatic hydroxyl groups is 1. The van der Waals surface area contributed by atoms with Crippen molar-refractivity contribution in [2.24, 2.45) is 0 Å². The summed E-state index contributed by atoms with van der Waals surface area (Å²) < 4.78 is 2.08. The summed E-state index contributed by atoms with van der Waals surface area (Å²) in [5.41, 5.74) is 3.32. The van der Waals surface area contributed by atoms with Gasteiger partial charge in [-0.2, -0.15) is 0 Å². The molecule has 0 saturated carbocycles. The summed E-state index contributed by atoms with van der Waals surface area (Å²) >= 11 is 0. The van der Waals surface area contributed by atoms with Gasteiger partial charge in [0.1, 0.15) is 5.65 Å². The van der Waals surface area contributed by atoms with Crippen LogP contribution >= 0.6 is 0 Å². The number of hydrogen-bond acceptors (Lipinski definition) is 3. The molecule has 1 atom stereocenters. The fraction of sp³-hybridized carbons (Fsp3) is 0.500. The zero-order valence-electron chi connectivity index (χ0n) is 10.7. The summed E-state index contributed by atoms with van der Waals surface area (Å²) in [6.45, 7) is 4.25. The van der Waals surface area contributed by atoms with Gasteiger partial charge in [-0.25, -0.2) is 4.98 Å². The second-order valence-electron chi connectivity index (χ2n) is 5.10. The minimum Gasteiger partial charge on any atom is -0.395 e. The Morgan fingerprint density at radius 2 is 2.39 bits per heavy atom. The molecular weight excluding hydrogens is 226 g/mol. The van der Waals surface area contributed by atoms with Crippen molar-refractivity contribution in [3.8, 4) is 0 Å². The molecule has 1 aliphatic heterocycles. The SMILES string of the molecule is Cc1cccn2cc(CN3CCC[C@H]3CO)nc12. The Bertz CT molecular complexity index is 549. The maximum atomic E-state index is 9.33. The number of likely N-dealkylation sites (tertiary alicyclic amines) is 1. The Morgan fingerprint density at radius 3 is 3.17 bits per heavy atom. The van der Waals surface area contributed by atoms with Crippen LogP contribution in [0.5, 0.6) is 0 Å². The maximum Gasteiger partial charge on any atom is 0.139 e. The summed E-state index contributed by atoms with van der Waals surface area (Å²) in [6.07, 6.45) is 6.40. The lowest BCUT2D eigenvalue weighted by molar-refractivity contribution is 0.152. The van der Waals surface area contributed by atoms with Crippen molar-refractivity contribution in [3.05, 3.63) is 35.8 Å². The van der Waals surface area contributed by atoms with E-state index in [1.54, 1.807) is 0 Å². The van der Waals surface area contributed by atoms with E-state index in [2.05, 4.69) is 33.5 Å². The minimum atomic E-state index is 0.256. The van der Waals surface area contributed by atoms with Crippen molar-refractivity contribution in [1.29, 1.82) is 0 Å². The van der Waals surface area contributed by atoms with Gasteiger partial charge in [0.25, 0.3) is 0 Å². The van der Waals surface area contributed by atoms with E-state index in [4.69, 9.17) is 0 Å². The van der Waals surface area contributed by atoms with Gasteiger partial charge in [0.05, 0.1) is 12.3 Å². The number of imidazole rings is 1. The van der Waals surface area contributed by atoms with Crippen LogP contribution in [-0.4, -0.2) is 38.6 Å². The van der Waals surface area contributed by atoms with E-state index in [1.807, 2.05) is 12.3 Å². The molecule has 1 fully saturated rings. The van der Waals surface area contributed by atoms with Gasteiger partial charge in [-0.1, -0.05) is 6.07 Å². The lowest BCUT2D eigenvalue weighted by Crippen LogP contribution is -2.31. The highest BCUT2D eigenvalue weighted by molar-refractivity contribution is 5.47. The Hall–Kier alpha value is -1.39. The molecule has 4 heteroatoms. The van der Waals surface area contributed by atoms with Gasteiger partial charge >= 0.3 is 0 Å². The largest absolute Gasteiger partial charge is 0.395 e. The quantitative estimate of drug-likeness (QED) is 0.893. The smallest absolute Gasteiger partial charge is 0.139 e. The Balaban J connectivity index is 1.84. The van der Waals surface area contributed by atoms with Crippen LogP contribution in [0.2, 0.25) is 0 Å².